The van der Waals surface area contributed by atoms with E-state index in [9.17, 15) is 4.79 Å². The molecule has 1 amide bonds. The van der Waals surface area contributed by atoms with Crippen LogP contribution in [0.15, 0.2) is 30.4 Å². The number of benzene rings is 1. The van der Waals surface area contributed by atoms with Crippen molar-refractivity contribution < 1.29 is 4.79 Å². The second kappa shape index (κ2) is 4.58. The summed E-state index contributed by atoms with van der Waals surface area (Å²) < 4.78 is 0. The standard InChI is InChI=1S/C12H13ClN2O/c13-10-6-5-8(7-11(10)14)12(16)15-9-3-1-2-4-9/h1-2,5-7,9H,3-4,14H2,(H,15,16). The molecule has 1 aliphatic carbocycles. The van der Waals surface area contributed by atoms with Crippen molar-refractivity contribution >= 4 is 23.2 Å². The van der Waals surface area contributed by atoms with E-state index in [1.165, 1.54) is 0 Å². The summed E-state index contributed by atoms with van der Waals surface area (Å²) in [6.07, 6.45) is 5.94. The molecular weight excluding hydrogens is 224 g/mol. The molecule has 0 bridgehead atoms. The first-order valence-electron chi connectivity index (χ1n) is 5.17. The highest BCUT2D eigenvalue weighted by atomic mass is 35.5. The highest BCUT2D eigenvalue weighted by molar-refractivity contribution is 6.33. The monoisotopic (exact) mass is 236 g/mol. The number of nitrogens with one attached hydrogen (secondary N) is 1. The van der Waals surface area contributed by atoms with Crippen LogP contribution in [0.4, 0.5) is 5.69 Å². The van der Waals surface area contributed by atoms with Gasteiger partial charge in [0.15, 0.2) is 0 Å². The van der Waals surface area contributed by atoms with Gasteiger partial charge in [0.1, 0.15) is 0 Å². The third kappa shape index (κ3) is 2.36. The number of halogens is 1. The Labute approximate surface area is 99.3 Å². The molecule has 84 valence electrons. The number of hydrogen-bond donors (Lipinski definition) is 2. The number of anilines is 1. The molecule has 0 spiro atoms. The third-order valence-electron chi connectivity index (χ3n) is 2.60. The number of nitrogens with two attached hydrogens (primary N) is 1. The van der Waals surface area contributed by atoms with Gasteiger partial charge in [-0.25, -0.2) is 0 Å². The first kappa shape index (κ1) is 11.0. The quantitative estimate of drug-likeness (QED) is 0.612. The maximum atomic E-state index is 11.8. The summed E-state index contributed by atoms with van der Waals surface area (Å²) in [4.78, 5) is 11.8. The second-order valence-electron chi connectivity index (χ2n) is 3.85. The van der Waals surface area contributed by atoms with Crippen molar-refractivity contribution in [3.8, 4) is 0 Å². The minimum Gasteiger partial charge on any atom is -0.398 e. The summed E-state index contributed by atoms with van der Waals surface area (Å²) in [5.74, 6) is -0.0999. The van der Waals surface area contributed by atoms with Crippen LogP contribution >= 0.6 is 11.6 Å². The summed E-state index contributed by atoms with van der Waals surface area (Å²) >= 11 is 5.79. The van der Waals surface area contributed by atoms with E-state index in [1.807, 2.05) is 0 Å². The molecule has 0 aliphatic heterocycles. The van der Waals surface area contributed by atoms with Gasteiger partial charge in [0.2, 0.25) is 0 Å². The number of amides is 1. The van der Waals surface area contributed by atoms with Crippen molar-refractivity contribution in [1.82, 2.24) is 5.32 Å². The molecule has 16 heavy (non-hydrogen) atoms. The van der Waals surface area contributed by atoms with Gasteiger partial charge in [0, 0.05) is 11.6 Å². The van der Waals surface area contributed by atoms with Crippen molar-refractivity contribution in [2.24, 2.45) is 0 Å². The number of carbonyl (C=O) groups excluding carboxylic acids is 1. The average molecular weight is 237 g/mol. The van der Waals surface area contributed by atoms with E-state index in [4.69, 9.17) is 17.3 Å². The van der Waals surface area contributed by atoms with Gasteiger partial charge in [-0.2, -0.15) is 0 Å². The van der Waals surface area contributed by atoms with E-state index < -0.39 is 0 Å². The molecule has 0 heterocycles. The zero-order valence-electron chi connectivity index (χ0n) is 8.74. The van der Waals surface area contributed by atoms with Gasteiger partial charge in [0.05, 0.1) is 10.7 Å². The Balaban J connectivity index is 2.05. The fourth-order valence-electron chi connectivity index (χ4n) is 1.69. The molecule has 0 atom stereocenters. The summed E-state index contributed by atoms with van der Waals surface area (Å²) in [6, 6.07) is 5.12. The molecule has 0 unspecified atom stereocenters. The molecule has 0 aromatic heterocycles. The normalized spacial score (nSPS) is 15.3. The van der Waals surface area contributed by atoms with Crippen LogP contribution in [0.25, 0.3) is 0 Å². The van der Waals surface area contributed by atoms with Gasteiger partial charge >= 0.3 is 0 Å². The first-order valence-corrected chi connectivity index (χ1v) is 5.55. The molecule has 1 aromatic carbocycles. The van der Waals surface area contributed by atoms with Crippen LogP contribution in [0.5, 0.6) is 0 Å². The zero-order valence-corrected chi connectivity index (χ0v) is 9.50. The lowest BCUT2D eigenvalue weighted by atomic mass is 10.1. The van der Waals surface area contributed by atoms with Crippen LogP contribution in [0, 0.1) is 0 Å². The van der Waals surface area contributed by atoms with Gasteiger partial charge in [-0.05, 0) is 31.0 Å². The fraction of sp³-hybridized carbons (Fsp3) is 0.250. The average Bonchev–Trinajstić information content (AvgIpc) is 2.74. The maximum Gasteiger partial charge on any atom is 0.251 e. The lowest BCUT2D eigenvalue weighted by Gasteiger charge is -2.12. The van der Waals surface area contributed by atoms with Crippen LogP contribution in [0.1, 0.15) is 23.2 Å². The molecule has 0 fully saturated rings. The first-order chi connectivity index (χ1) is 7.66. The zero-order chi connectivity index (χ0) is 11.5. The van der Waals surface area contributed by atoms with Gasteiger partial charge in [-0.1, -0.05) is 23.8 Å². The Kier molecular flexibility index (Phi) is 3.15. The van der Waals surface area contributed by atoms with Gasteiger partial charge in [0.25, 0.3) is 5.91 Å². The molecule has 4 heteroatoms. The van der Waals surface area contributed by atoms with Crippen LogP contribution < -0.4 is 11.1 Å². The molecular formula is C12H13ClN2O. The van der Waals surface area contributed by atoms with Crippen LogP contribution in [-0.4, -0.2) is 11.9 Å². The van der Waals surface area contributed by atoms with E-state index in [1.54, 1.807) is 18.2 Å². The van der Waals surface area contributed by atoms with Crippen molar-refractivity contribution in [2.75, 3.05) is 5.73 Å². The molecule has 0 saturated carbocycles. The lowest BCUT2D eigenvalue weighted by molar-refractivity contribution is 0.0939. The summed E-state index contributed by atoms with van der Waals surface area (Å²) in [5.41, 5.74) is 6.62. The van der Waals surface area contributed by atoms with Crippen LogP contribution in [0.3, 0.4) is 0 Å². The van der Waals surface area contributed by atoms with Gasteiger partial charge < -0.3 is 11.1 Å². The highest BCUT2D eigenvalue weighted by Gasteiger charge is 2.14. The fourth-order valence-corrected chi connectivity index (χ4v) is 1.81. The van der Waals surface area contributed by atoms with Crippen LogP contribution in [0.2, 0.25) is 5.02 Å². The minimum absolute atomic E-state index is 0.0999. The van der Waals surface area contributed by atoms with Crippen molar-refractivity contribution in [3.05, 3.63) is 40.9 Å². The molecule has 3 N–H and O–H groups in total. The number of hydrogen-bond acceptors (Lipinski definition) is 2. The summed E-state index contributed by atoms with van der Waals surface area (Å²) in [6.45, 7) is 0. The van der Waals surface area contributed by atoms with Crippen molar-refractivity contribution in [3.63, 3.8) is 0 Å². The van der Waals surface area contributed by atoms with Crippen molar-refractivity contribution in [2.45, 2.75) is 18.9 Å². The van der Waals surface area contributed by atoms with E-state index in [2.05, 4.69) is 17.5 Å². The predicted octanol–water partition coefficient (Wildman–Crippen LogP) is 2.37. The Morgan fingerprint density at radius 3 is 2.69 bits per heavy atom. The molecule has 2 rings (SSSR count). The number of rotatable bonds is 2. The molecule has 0 saturated heterocycles. The molecule has 3 nitrogen and oxygen atoms in total. The Morgan fingerprint density at radius 2 is 2.06 bits per heavy atom. The highest BCUT2D eigenvalue weighted by Crippen LogP contribution is 2.19. The minimum atomic E-state index is -0.0999. The topological polar surface area (TPSA) is 55.1 Å². The lowest BCUT2D eigenvalue weighted by Crippen LogP contribution is -2.32. The largest absolute Gasteiger partial charge is 0.398 e. The smallest absolute Gasteiger partial charge is 0.251 e. The maximum absolute atomic E-state index is 11.8. The van der Waals surface area contributed by atoms with E-state index in [-0.39, 0.29) is 11.9 Å². The van der Waals surface area contributed by atoms with Crippen molar-refractivity contribution in [1.29, 1.82) is 0 Å². The Hall–Kier alpha value is -1.48. The molecule has 1 aliphatic rings. The van der Waals surface area contributed by atoms with E-state index in [0.29, 0.717) is 16.3 Å². The molecule has 1 aromatic rings. The van der Waals surface area contributed by atoms with E-state index in [0.717, 1.165) is 12.8 Å². The predicted molar refractivity (Wildman–Crippen MR) is 65.5 cm³/mol. The van der Waals surface area contributed by atoms with Crippen LogP contribution in [-0.2, 0) is 0 Å². The Morgan fingerprint density at radius 1 is 1.38 bits per heavy atom. The molecule has 0 radical (unpaired) electrons. The number of carbonyl (C=O) groups is 1. The summed E-state index contributed by atoms with van der Waals surface area (Å²) in [7, 11) is 0. The SMILES string of the molecule is Nc1cc(C(=O)NC2CC=CC2)ccc1Cl. The van der Waals surface area contributed by atoms with E-state index >= 15 is 0 Å². The second-order valence-corrected chi connectivity index (χ2v) is 4.26. The Bertz CT molecular complexity index is 435. The summed E-state index contributed by atoms with van der Waals surface area (Å²) in [5, 5.41) is 3.41. The van der Waals surface area contributed by atoms with Gasteiger partial charge in [-0.3, -0.25) is 4.79 Å². The van der Waals surface area contributed by atoms with Gasteiger partial charge in [-0.15, -0.1) is 0 Å². The number of nitrogen functional groups attached to an aromatic ring is 1. The third-order valence-corrected chi connectivity index (χ3v) is 2.95.